The third-order valence-electron chi connectivity index (χ3n) is 2.15. The molecule has 0 aliphatic rings. The van der Waals surface area contributed by atoms with Gasteiger partial charge in [-0.1, -0.05) is 18.2 Å². The lowest BCUT2D eigenvalue weighted by molar-refractivity contribution is 0.0636. The number of amides is 1. The van der Waals surface area contributed by atoms with E-state index in [2.05, 4.69) is 27.9 Å². The number of hydrogen-bond donors (Lipinski definition) is 1. The molecule has 0 saturated heterocycles. The zero-order valence-corrected chi connectivity index (χ0v) is 13.4. The van der Waals surface area contributed by atoms with Gasteiger partial charge < -0.3 is 4.74 Å². The van der Waals surface area contributed by atoms with E-state index >= 15 is 0 Å². The quantitative estimate of drug-likeness (QED) is 0.724. The highest BCUT2D eigenvalue weighted by molar-refractivity contribution is 14.1. The van der Waals surface area contributed by atoms with E-state index < -0.39 is 11.7 Å². The number of ether oxygens (including phenoxy) is 1. The molecule has 0 saturated carbocycles. The number of hydrogen-bond acceptors (Lipinski definition) is 3. The van der Waals surface area contributed by atoms with Gasteiger partial charge in [0, 0.05) is 10.1 Å². The number of fused-ring (bicyclic) bond motifs is 1. The van der Waals surface area contributed by atoms with Crippen molar-refractivity contribution in [2.45, 2.75) is 26.4 Å². The first-order chi connectivity index (χ1) is 8.37. The first-order valence-corrected chi connectivity index (χ1v) is 7.43. The second-order valence-corrected chi connectivity index (χ2v) is 7.00. The van der Waals surface area contributed by atoms with Crippen molar-refractivity contribution in [3.8, 4) is 0 Å². The van der Waals surface area contributed by atoms with Crippen LogP contribution in [-0.4, -0.2) is 11.7 Å². The van der Waals surface area contributed by atoms with E-state index in [0.29, 0.717) is 0 Å². The highest BCUT2D eigenvalue weighted by atomic mass is 127. The lowest BCUT2D eigenvalue weighted by Crippen LogP contribution is -2.27. The molecule has 0 aliphatic carbocycles. The van der Waals surface area contributed by atoms with Crippen LogP contribution in [0.15, 0.2) is 24.3 Å². The van der Waals surface area contributed by atoms with E-state index in [9.17, 15) is 4.79 Å². The molecule has 1 heterocycles. The van der Waals surface area contributed by atoms with Gasteiger partial charge in [0.25, 0.3) is 0 Å². The van der Waals surface area contributed by atoms with Gasteiger partial charge in [-0.25, -0.2) is 4.79 Å². The van der Waals surface area contributed by atoms with Crippen LogP contribution < -0.4 is 5.32 Å². The summed E-state index contributed by atoms with van der Waals surface area (Å²) in [4.78, 5) is 11.7. The van der Waals surface area contributed by atoms with E-state index in [1.165, 1.54) is 0 Å². The fourth-order valence-electron chi connectivity index (χ4n) is 1.49. The summed E-state index contributed by atoms with van der Waals surface area (Å²) in [5, 5.41) is 4.81. The fraction of sp³-hybridized carbons (Fsp3) is 0.308. The van der Waals surface area contributed by atoms with Crippen molar-refractivity contribution in [2.24, 2.45) is 0 Å². The van der Waals surface area contributed by atoms with E-state index in [4.69, 9.17) is 4.74 Å². The summed E-state index contributed by atoms with van der Waals surface area (Å²) in [6.07, 6.45) is -0.410. The van der Waals surface area contributed by atoms with Gasteiger partial charge in [0.15, 0.2) is 0 Å². The Morgan fingerprint density at radius 3 is 2.61 bits per heavy atom. The van der Waals surface area contributed by atoms with Crippen LogP contribution in [0.4, 0.5) is 9.80 Å². The van der Waals surface area contributed by atoms with Crippen molar-refractivity contribution in [3.63, 3.8) is 0 Å². The largest absolute Gasteiger partial charge is 0.444 e. The second kappa shape index (κ2) is 5.05. The molecule has 1 aromatic carbocycles. The third kappa shape index (κ3) is 3.14. The monoisotopic (exact) mass is 375 g/mol. The van der Waals surface area contributed by atoms with Crippen LogP contribution in [0.3, 0.4) is 0 Å². The fourth-order valence-corrected chi connectivity index (χ4v) is 3.59. The smallest absolute Gasteiger partial charge is 0.412 e. The highest BCUT2D eigenvalue weighted by Gasteiger charge is 2.18. The number of rotatable bonds is 1. The maximum absolute atomic E-state index is 11.7. The Bertz CT molecular complexity index is 586. The lowest BCUT2D eigenvalue weighted by Gasteiger charge is -2.19. The zero-order valence-electron chi connectivity index (χ0n) is 10.4. The Kier molecular flexibility index (Phi) is 3.82. The van der Waals surface area contributed by atoms with Crippen LogP contribution in [-0.2, 0) is 4.74 Å². The number of thiophene rings is 1. The third-order valence-corrected chi connectivity index (χ3v) is 4.72. The van der Waals surface area contributed by atoms with Crippen molar-refractivity contribution < 1.29 is 9.53 Å². The molecular formula is C13H14INO2S. The summed E-state index contributed by atoms with van der Waals surface area (Å²) in [5.74, 6) is 0. The van der Waals surface area contributed by atoms with Crippen LogP contribution in [0, 0.1) is 3.57 Å². The summed E-state index contributed by atoms with van der Waals surface area (Å²) in [6.45, 7) is 5.55. The van der Waals surface area contributed by atoms with Crippen molar-refractivity contribution in [1.29, 1.82) is 0 Å². The number of nitrogens with one attached hydrogen (secondary N) is 1. The van der Waals surface area contributed by atoms with Crippen LogP contribution in [0.2, 0.25) is 0 Å². The molecule has 2 aromatic rings. The molecule has 5 heteroatoms. The zero-order chi connectivity index (χ0) is 13.3. The van der Waals surface area contributed by atoms with Gasteiger partial charge in [0.2, 0.25) is 0 Å². The van der Waals surface area contributed by atoms with Crippen LogP contribution in [0.25, 0.3) is 10.1 Å². The van der Waals surface area contributed by atoms with Crippen molar-refractivity contribution in [1.82, 2.24) is 0 Å². The molecule has 2 rings (SSSR count). The van der Waals surface area contributed by atoms with Gasteiger partial charge in [-0.3, -0.25) is 5.32 Å². The molecule has 1 amide bonds. The summed E-state index contributed by atoms with van der Waals surface area (Å²) < 4.78 is 7.46. The number of anilines is 1. The maximum Gasteiger partial charge on any atom is 0.412 e. The number of carbonyl (C=O) groups is 1. The highest BCUT2D eigenvalue weighted by Crippen LogP contribution is 2.36. The molecule has 0 aliphatic heterocycles. The minimum atomic E-state index is -0.480. The summed E-state index contributed by atoms with van der Waals surface area (Å²) in [7, 11) is 0. The lowest BCUT2D eigenvalue weighted by atomic mass is 10.2. The Morgan fingerprint density at radius 1 is 1.33 bits per heavy atom. The molecule has 0 radical (unpaired) electrons. The minimum absolute atomic E-state index is 0.410. The standard InChI is InChI=1S/C13H14INO2S/c1-13(2,3)17-12(16)15-11-10(14)8-6-4-5-7-9(8)18-11/h4-7H,1-3H3,(H,15,16). The second-order valence-electron chi connectivity index (χ2n) is 4.87. The Balaban J connectivity index is 2.22. The van der Waals surface area contributed by atoms with E-state index in [1.807, 2.05) is 45.0 Å². The number of benzene rings is 1. The van der Waals surface area contributed by atoms with Gasteiger partial charge >= 0.3 is 6.09 Å². The summed E-state index contributed by atoms with van der Waals surface area (Å²) >= 11 is 3.80. The van der Waals surface area contributed by atoms with Gasteiger partial charge in [-0.15, -0.1) is 11.3 Å². The average molecular weight is 375 g/mol. The summed E-state index contributed by atoms with van der Waals surface area (Å²) in [6, 6.07) is 8.08. The Labute approximate surface area is 124 Å². The molecule has 1 aromatic heterocycles. The molecule has 3 nitrogen and oxygen atoms in total. The minimum Gasteiger partial charge on any atom is -0.444 e. The molecule has 1 N–H and O–H groups in total. The Morgan fingerprint density at radius 2 is 2.00 bits per heavy atom. The molecule has 0 bridgehead atoms. The van der Waals surface area contributed by atoms with Crippen LogP contribution >= 0.6 is 33.9 Å². The molecule has 0 spiro atoms. The molecule has 0 unspecified atom stereocenters. The molecular weight excluding hydrogens is 361 g/mol. The van der Waals surface area contributed by atoms with Crippen molar-refractivity contribution in [3.05, 3.63) is 27.8 Å². The first kappa shape index (κ1) is 13.6. The van der Waals surface area contributed by atoms with Crippen LogP contribution in [0.5, 0.6) is 0 Å². The predicted molar refractivity (Wildman–Crippen MR) is 84.4 cm³/mol. The van der Waals surface area contributed by atoms with E-state index in [1.54, 1.807) is 11.3 Å². The molecule has 0 atom stereocenters. The molecule has 18 heavy (non-hydrogen) atoms. The van der Waals surface area contributed by atoms with E-state index in [0.717, 1.165) is 18.7 Å². The van der Waals surface area contributed by atoms with Crippen molar-refractivity contribution >= 4 is 55.1 Å². The van der Waals surface area contributed by atoms with Gasteiger partial charge in [0.1, 0.15) is 10.6 Å². The predicted octanol–water partition coefficient (Wildman–Crippen LogP) is 4.85. The Hall–Kier alpha value is -0.820. The van der Waals surface area contributed by atoms with Gasteiger partial charge in [0.05, 0.1) is 3.57 Å². The summed E-state index contributed by atoms with van der Waals surface area (Å²) in [5.41, 5.74) is -0.480. The number of halogens is 1. The normalized spacial score (nSPS) is 11.6. The van der Waals surface area contributed by atoms with Crippen LogP contribution in [0.1, 0.15) is 20.8 Å². The maximum atomic E-state index is 11.7. The first-order valence-electron chi connectivity index (χ1n) is 5.54. The van der Waals surface area contributed by atoms with E-state index in [-0.39, 0.29) is 0 Å². The van der Waals surface area contributed by atoms with Gasteiger partial charge in [-0.2, -0.15) is 0 Å². The average Bonchev–Trinajstić information content (AvgIpc) is 2.54. The number of carbonyl (C=O) groups excluding carboxylic acids is 1. The van der Waals surface area contributed by atoms with Gasteiger partial charge in [-0.05, 0) is 49.4 Å². The van der Waals surface area contributed by atoms with Crippen molar-refractivity contribution in [2.75, 3.05) is 5.32 Å². The topological polar surface area (TPSA) is 38.3 Å². The molecule has 96 valence electrons. The SMILES string of the molecule is CC(C)(C)OC(=O)Nc1sc2ccccc2c1I. The molecule has 0 fully saturated rings.